The maximum absolute atomic E-state index is 12.4. The Bertz CT molecular complexity index is 354. The summed E-state index contributed by atoms with van der Waals surface area (Å²) in [5, 5.41) is 3.20. The normalized spacial score (nSPS) is 29.9. The van der Waals surface area contributed by atoms with Crippen molar-refractivity contribution in [2.75, 3.05) is 13.2 Å². The molecule has 0 aromatic carbocycles. The minimum atomic E-state index is -0.711. The molecule has 1 heterocycles. The van der Waals surface area contributed by atoms with E-state index in [0.717, 1.165) is 18.8 Å². The van der Waals surface area contributed by atoms with Gasteiger partial charge in [-0.2, -0.15) is 0 Å². The quantitative estimate of drug-likeness (QED) is 0.838. The lowest BCUT2D eigenvalue weighted by atomic mass is 9.69. The molecule has 4 nitrogen and oxygen atoms in total. The molecule has 0 aromatic rings. The van der Waals surface area contributed by atoms with Crippen LogP contribution in [0.2, 0.25) is 0 Å². The van der Waals surface area contributed by atoms with Gasteiger partial charge in [-0.3, -0.25) is 4.79 Å². The van der Waals surface area contributed by atoms with Crippen molar-refractivity contribution in [1.82, 2.24) is 5.32 Å². The molecule has 2 rings (SSSR count). The Labute approximate surface area is 129 Å². The number of amides is 1. The first-order valence-electron chi connectivity index (χ1n) is 8.55. The molecule has 0 aromatic heterocycles. The molecular weight excluding hydrogens is 264 g/mol. The largest absolute Gasteiger partial charge is 0.381 e. The van der Waals surface area contributed by atoms with Crippen LogP contribution in [0.1, 0.15) is 65.7 Å². The van der Waals surface area contributed by atoms with E-state index in [1.165, 1.54) is 19.3 Å². The molecule has 2 fully saturated rings. The van der Waals surface area contributed by atoms with Crippen LogP contribution in [0.5, 0.6) is 0 Å². The first kappa shape index (κ1) is 16.8. The standard InChI is InChI=1S/C17H32N2O2/c1-4-16(2,3)13-5-7-14(8-6-13)19-15(20)17(18)9-11-21-12-10-17/h13-14H,4-12,18H2,1-3H3,(H,19,20). The fourth-order valence-electron chi connectivity index (χ4n) is 3.60. The zero-order chi connectivity index (χ0) is 15.5. The molecule has 0 spiro atoms. The van der Waals surface area contributed by atoms with Crippen LogP contribution in [0.25, 0.3) is 0 Å². The van der Waals surface area contributed by atoms with Gasteiger partial charge in [-0.25, -0.2) is 0 Å². The lowest BCUT2D eigenvalue weighted by Crippen LogP contribution is -2.59. The lowest BCUT2D eigenvalue weighted by molar-refractivity contribution is -0.130. The van der Waals surface area contributed by atoms with E-state index < -0.39 is 5.54 Å². The van der Waals surface area contributed by atoms with Gasteiger partial charge in [0.25, 0.3) is 0 Å². The van der Waals surface area contributed by atoms with Crippen molar-refractivity contribution in [2.24, 2.45) is 17.1 Å². The fraction of sp³-hybridized carbons (Fsp3) is 0.941. The molecule has 122 valence electrons. The molecule has 0 atom stereocenters. The van der Waals surface area contributed by atoms with Gasteiger partial charge in [0.2, 0.25) is 5.91 Å². The first-order valence-corrected chi connectivity index (χ1v) is 8.55. The summed E-state index contributed by atoms with van der Waals surface area (Å²) in [5.41, 5.74) is 5.96. The summed E-state index contributed by atoms with van der Waals surface area (Å²) in [5.74, 6) is 0.814. The second-order valence-corrected chi connectivity index (χ2v) is 7.63. The van der Waals surface area contributed by atoms with E-state index >= 15 is 0 Å². The Balaban J connectivity index is 1.82. The molecule has 1 aliphatic heterocycles. The van der Waals surface area contributed by atoms with E-state index in [-0.39, 0.29) is 5.91 Å². The Kier molecular flexibility index (Phi) is 5.31. The average molecular weight is 296 g/mol. The van der Waals surface area contributed by atoms with Crippen LogP contribution < -0.4 is 11.1 Å². The smallest absolute Gasteiger partial charge is 0.240 e. The van der Waals surface area contributed by atoms with E-state index in [2.05, 4.69) is 26.1 Å². The summed E-state index contributed by atoms with van der Waals surface area (Å²) in [6.07, 6.45) is 7.10. The molecule has 2 aliphatic rings. The Morgan fingerprint density at radius 3 is 2.33 bits per heavy atom. The fourth-order valence-corrected chi connectivity index (χ4v) is 3.60. The van der Waals surface area contributed by atoms with Crippen LogP contribution in [0.15, 0.2) is 0 Å². The predicted octanol–water partition coefficient (Wildman–Crippen LogP) is 2.61. The lowest BCUT2D eigenvalue weighted by Gasteiger charge is -2.40. The Hall–Kier alpha value is -0.610. The van der Waals surface area contributed by atoms with E-state index in [1.807, 2.05) is 0 Å². The molecule has 3 N–H and O–H groups in total. The van der Waals surface area contributed by atoms with Crippen molar-refractivity contribution < 1.29 is 9.53 Å². The number of nitrogens with two attached hydrogens (primary N) is 1. The molecule has 1 amide bonds. The molecule has 0 unspecified atom stereocenters. The van der Waals surface area contributed by atoms with E-state index in [1.54, 1.807) is 0 Å². The number of nitrogens with one attached hydrogen (secondary N) is 1. The Morgan fingerprint density at radius 1 is 1.24 bits per heavy atom. The third-order valence-electron chi connectivity index (χ3n) is 5.92. The number of carbonyl (C=O) groups excluding carboxylic acids is 1. The molecule has 1 saturated carbocycles. The third-order valence-corrected chi connectivity index (χ3v) is 5.92. The van der Waals surface area contributed by atoms with Gasteiger partial charge in [0, 0.05) is 19.3 Å². The minimum absolute atomic E-state index is 0.0315. The highest BCUT2D eigenvalue weighted by molar-refractivity contribution is 5.86. The van der Waals surface area contributed by atoms with Gasteiger partial charge in [-0.05, 0) is 49.9 Å². The van der Waals surface area contributed by atoms with Crippen LogP contribution in [0, 0.1) is 11.3 Å². The van der Waals surface area contributed by atoms with Gasteiger partial charge in [-0.1, -0.05) is 27.2 Å². The summed E-state index contributed by atoms with van der Waals surface area (Å²) in [6.45, 7) is 8.21. The number of rotatable bonds is 4. The summed E-state index contributed by atoms with van der Waals surface area (Å²) in [4.78, 5) is 12.4. The number of hydrogen-bond acceptors (Lipinski definition) is 3. The highest BCUT2D eigenvalue weighted by Crippen LogP contribution is 2.40. The van der Waals surface area contributed by atoms with Gasteiger partial charge in [-0.15, -0.1) is 0 Å². The topological polar surface area (TPSA) is 64.4 Å². The Morgan fingerprint density at radius 2 is 1.81 bits per heavy atom. The van der Waals surface area contributed by atoms with Gasteiger partial charge >= 0.3 is 0 Å². The monoisotopic (exact) mass is 296 g/mol. The predicted molar refractivity (Wildman–Crippen MR) is 84.9 cm³/mol. The molecule has 1 aliphatic carbocycles. The number of carbonyl (C=O) groups is 1. The molecule has 0 bridgehead atoms. The first-order chi connectivity index (χ1) is 9.87. The van der Waals surface area contributed by atoms with E-state index in [9.17, 15) is 4.79 Å². The van der Waals surface area contributed by atoms with Gasteiger partial charge in [0.15, 0.2) is 0 Å². The molecule has 21 heavy (non-hydrogen) atoms. The molecule has 4 heteroatoms. The van der Waals surface area contributed by atoms with Crippen molar-refractivity contribution in [1.29, 1.82) is 0 Å². The number of hydrogen-bond donors (Lipinski definition) is 2. The second-order valence-electron chi connectivity index (χ2n) is 7.63. The van der Waals surface area contributed by atoms with Crippen molar-refractivity contribution in [3.05, 3.63) is 0 Å². The summed E-state index contributed by atoms with van der Waals surface area (Å²) in [7, 11) is 0. The van der Waals surface area contributed by atoms with Gasteiger partial charge in [0.05, 0.1) is 5.54 Å². The third kappa shape index (κ3) is 3.98. The van der Waals surface area contributed by atoms with Crippen LogP contribution in [-0.4, -0.2) is 30.7 Å². The average Bonchev–Trinajstić information content (AvgIpc) is 2.48. The minimum Gasteiger partial charge on any atom is -0.381 e. The highest BCUT2D eigenvalue weighted by atomic mass is 16.5. The molecule has 1 saturated heterocycles. The van der Waals surface area contributed by atoms with Crippen molar-refractivity contribution in [2.45, 2.75) is 77.3 Å². The van der Waals surface area contributed by atoms with Crippen LogP contribution in [0.3, 0.4) is 0 Å². The van der Waals surface area contributed by atoms with Crippen LogP contribution >= 0.6 is 0 Å². The SMILES string of the molecule is CCC(C)(C)C1CCC(NC(=O)C2(N)CCOCC2)CC1. The molecule has 0 radical (unpaired) electrons. The van der Waals surface area contributed by atoms with Gasteiger partial charge in [0.1, 0.15) is 0 Å². The summed E-state index contributed by atoms with van der Waals surface area (Å²) < 4.78 is 5.31. The van der Waals surface area contributed by atoms with Crippen molar-refractivity contribution in [3.63, 3.8) is 0 Å². The summed E-state index contributed by atoms with van der Waals surface area (Å²) >= 11 is 0. The van der Waals surface area contributed by atoms with Crippen LogP contribution in [-0.2, 0) is 9.53 Å². The summed E-state index contributed by atoms with van der Waals surface area (Å²) in [6, 6.07) is 0.310. The maximum atomic E-state index is 12.4. The van der Waals surface area contributed by atoms with Crippen molar-refractivity contribution in [3.8, 4) is 0 Å². The highest BCUT2D eigenvalue weighted by Gasteiger charge is 2.38. The van der Waals surface area contributed by atoms with Crippen molar-refractivity contribution >= 4 is 5.91 Å². The van der Waals surface area contributed by atoms with E-state index in [4.69, 9.17) is 10.5 Å². The zero-order valence-corrected chi connectivity index (χ0v) is 13.9. The zero-order valence-electron chi connectivity index (χ0n) is 13.9. The maximum Gasteiger partial charge on any atom is 0.240 e. The second kappa shape index (κ2) is 6.66. The van der Waals surface area contributed by atoms with Gasteiger partial charge < -0.3 is 15.8 Å². The number of ether oxygens (including phenoxy) is 1. The molecular formula is C17H32N2O2. The van der Waals surface area contributed by atoms with E-state index in [0.29, 0.717) is 37.5 Å². The van der Waals surface area contributed by atoms with Crippen LogP contribution in [0.4, 0.5) is 0 Å².